The second-order valence-electron chi connectivity index (χ2n) is 24.1. The maximum absolute atomic E-state index is 7.21. The molecule has 0 radical (unpaired) electrons. The first-order chi connectivity index (χ1) is 33.4. The largest absolute Gasteiger partial charge is 0.455 e. The van der Waals surface area contributed by atoms with Crippen LogP contribution in [0.5, 0.6) is 0 Å². The van der Waals surface area contributed by atoms with E-state index >= 15 is 0 Å². The lowest BCUT2D eigenvalue weighted by Gasteiger charge is -2.46. The number of aromatic nitrogens is 1. The Morgan fingerprint density at radius 3 is 1.84 bits per heavy atom. The molecule has 10 aromatic rings. The molecule has 1 aliphatic carbocycles. The minimum atomic E-state index is -0.157. The fourth-order valence-electron chi connectivity index (χ4n) is 12.6. The zero-order chi connectivity index (χ0) is 48.4. The smallest absolute Gasteiger partial charge is 0.333 e. The Bertz CT molecular complexity index is 3780. The van der Waals surface area contributed by atoms with Gasteiger partial charge in [-0.1, -0.05) is 142 Å². The van der Waals surface area contributed by atoms with Crippen LogP contribution in [0.4, 0.5) is 28.4 Å². The third-order valence-electron chi connectivity index (χ3n) is 16.6. The molecule has 13 rings (SSSR count). The van der Waals surface area contributed by atoms with Crippen LogP contribution in [0, 0.1) is 6.92 Å². The average Bonchev–Trinajstić information content (AvgIpc) is 3.88. The number of anilines is 5. The predicted molar refractivity (Wildman–Crippen MR) is 299 cm³/mol. The first kappa shape index (κ1) is 43.1. The molecule has 3 aliphatic rings. The molecule has 0 unspecified atom stereocenters. The summed E-state index contributed by atoms with van der Waals surface area (Å²) in [5.41, 5.74) is 23.2. The second kappa shape index (κ2) is 14.5. The predicted octanol–water partition coefficient (Wildman–Crippen LogP) is 16.6. The van der Waals surface area contributed by atoms with Crippen LogP contribution in [0.15, 0.2) is 156 Å². The van der Waals surface area contributed by atoms with Gasteiger partial charge < -0.3 is 18.7 Å². The van der Waals surface area contributed by atoms with Crippen LogP contribution in [0.1, 0.15) is 110 Å². The van der Waals surface area contributed by atoms with Crippen molar-refractivity contribution in [3.05, 3.63) is 179 Å². The molecule has 0 fully saturated rings. The number of rotatable bonds is 4. The normalized spacial score (nSPS) is 15.7. The van der Waals surface area contributed by atoms with Gasteiger partial charge in [-0.3, -0.25) is 0 Å². The molecular weight excluding hydrogens is 850 g/mol. The van der Waals surface area contributed by atoms with E-state index in [0.717, 1.165) is 51.0 Å². The van der Waals surface area contributed by atoms with Crippen molar-refractivity contribution in [3.8, 4) is 16.8 Å². The van der Waals surface area contributed by atoms with Crippen LogP contribution in [0.25, 0.3) is 60.6 Å². The Morgan fingerprint density at radius 1 is 0.543 bits per heavy atom. The Balaban J connectivity index is 1.24. The lowest BCUT2D eigenvalue weighted by atomic mass is 9.43. The summed E-state index contributed by atoms with van der Waals surface area (Å²) in [5, 5.41) is 4.88. The summed E-state index contributed by atoms with van der Waals surface area (Å²) in [6.45, 7) is 26.2. The number of furan rings is 1. The molecule has 0 atom stereocenters. The van der Waals surface area contributed by atoms with Gasteiger partial charge in [0.25, 0.3) is 0 Å². The second-order valence-corrected chi connectivity index (χ2v) is 24.1. The molecule has 0 spiro atoms. The number of aryl methyl sites for hydroxylation is 1. The molecule has 4 heterocycles. The standard InChI is InChI=1S/C65H62BN3O/c1-39-32-50-51(65(10,11)31-30-64(50,8)9)38-55(39)69-54-29-27-46-45-24-18-19-25-57(45)70-61(46)58(54)49-36-44(67(42-20-14-12-15-21-42)43-22-16-13-17-23-43)37-56-59(49)66(69)52-35-41(63(5,6)7)34-48-47-33-40(62(2,3)4)26-28-53(47)68(56)60(48)52/h12-29,32-38H,30-31H2,1-11H3. The Morgan fingerprint density at radius 2 is 1.17 bits per heavy atom. The lowest BCUT2D eigenvalue weighted by Crippen LogP contribution is -2.61. The number of hydrogen-bond acceptors (Lipinski definition) is 3. The highest BCUT2D eigenvalue weighted by Crippen LogP contribution is 2.54. The van der Waals surface area contributed by atoms with E-state index in [-0.39, 0.29) is 28.5 Å². The van der Waals surface area contributed by atoms with E-state index in [0.29, 0.717) is 0 Å². The monoisotopic (exact) mass is 911 g/mol. The van der Waals surface area contributed by atoms with Crippen molar-refractivity contribution in [3.63, 3.8) is 0 Å². The summed E-state index contributed by atoms with van der Waals surface area (Å²) in [4.78, 5) is 5.18. The van der Waals surface area contributed by atoms with Gasteiger partial charge in [-0.2, -0.15) is 0 Å². The van der Waals surface area contributed by atoms with Crippen molar-refractivity contribution in [2.45, 2.75) is 111 Å². The Kier molecular flexibility index (Phi) is 8.95. The molecule has 0 saturated heterocycles. The zero-order valence-electron chi connectivity index (χ0n) is 42.7. The first-order valence-corrected chi connectivity index (χ1v) is 25.5. The maximum Gasteiger partial charge on any atom is 0.333 e. The number of nitrogens with zero attached hydrogens (tertiary/aromatic N) is 3. The minimum Gasteiger partial charge on any atom is -0.455 e. The Hall–Kier alpha value is -6.98. The lowest BCUT2D eigenvalue weighted by molar-refractivity contribution is 0.332. The van der Waals surface area contributed by atoms with Gasteiger partial charge in [0, 0.05) is 61.2 Å². The third-order valence-corrected chi connectivity index (χ3v) is 16.6. The van der Waals surface area contributed by atoms with Crippen molar-refractivity contribution < 1.29 is 4.42 Å². The molecule has 4 nitrogen and oxygen atoms in total. The van der Waals surface area contributed by atoms with Gasteiger partial charge in [-0.25, -0.2) is 0 Å². The van der Waals surface area contributed by atoms with Crippen LogP contribution >= 0.6 is 0 Å². The van der Waals surface area contributed by atoms with Crippen molar-refractivity contribution in [1.29, 1.82) is 0 Å². The molecule has 0 amide bonds. The van der Waals surface area contributed by atoms with E-state index in [2.05, 4.69) is 242 Å². The van der Waals surface area contributed by atoms with E-state index in [1.54, 1.807) is 0 Å². The van der Waals surface area contributed by atoms with Crippen molar-refractivity contribution in [2.75, 3.05) is 9.71 Å². The van der Waals surface area contributed by atoms with E-state index in [4.69, 9.17) is 4.42 Å². The van der Waals surface area contributed by atoms with Gasteiger partial charge in [0.05, 0.1) is 11.0 Å². The molecule has 346 valence electrons. The highest BCUT2D eigenvalue weighted by Gasteiger charge is 2.47. The summed E-state index contributed by atoms with van der Waals surface area (Å²) in [6.07, 6.45) is 2.32. The van der Waals surface area contributed by atoms with E-state index in [1.165, 1.54) is 89.6 Å². The summed E-state index contributed by atoms with van der Waals surface area (Å²) < 4.78 is 9.85. The third kappa shape index (κ3) is 6.15. The van der Waals surface area contributed by atoms with Crippen LogP contribution in [-0.2, 0) is 21.7 Å². The van der Waals surface area contributed by atoms with Crippen LogP contribution in [0.3, 0.4) is 0 Å². The fraction of sp³-hybridized carbons (Fsp3) is 0.262. The number of hydrogen-bond donors (Lipinski definition) is 0. The topological polar surface area (TPSA) is 24.6 Å². The molecule has 70 heavy (non-hydrogen) atoms. The van der Waals surface area contributed by atoms with Gasteiger partial charge in [0.2, 0.25) is 0 Å². The minimum absolute atomic E-state index is 0.0219. The molecular formula is C65H62BN3O. The summed E-state index contributed by atoms with van der Waals surface area (Å²) in [7, 11) is 0. The number of para-hydroxylation sites is 3. The number of benzene rings is 8. The highest BCUT2D eigenvalue weighted by molar-refractivity contribution is 6.93. The quantitative estimate of drug-likeness (QED) is 0.164. The molecule has 2 aliphatic heterocycles. The molecule has 8 aromatic carbocycles. The van der Waals surface area contributed by atoms with Crippen molar-refractivity contribution in [1.82, 2.24) is 4.57 Å². The SMILES string of the molecule is Cc1cc2c(cc1N1B3c4c(cc(N(c5ccccc5)c5ccccc5)cc4-n4c5ccc(C(C)(C)C)cc5c5cc(C(C)(C)C)cc3c54)-c3c1ccc1c3oc3ccccc31)C(C)(C)CCC2(C)C. The van der Waals surface area contributed by atoms with Gasteiger partial charge in [-0.15, -0.1) is 0 Å². The van der Waals surface area contributed by atoms with Crippen LogP contribution < -0.4 is 20.6 Å². The summed E-state index contributed by atoms with van der Waals surface area (Å²) >= 11 is 0. The van der Waals surface area contributed by atoms with Crippen molar-refractivity contribution in [2.24, 2.45) is 0 Å². The van der Waals surface area contributed by atoms with Gasteiger partial charge >= 0.3 is 6.85 Å². The van der Waals surface area contributed by atoms with Gasteiger partial charge in [-0.05, 0) is 165 Å². The average molecular weight is 912 g/mol. The molecule has 2 aromatic heterocycles. The molecule has 0 saturated carbocycles. The van der Waals surface area contributed by atoms with Crippen LogP contribution in [0.2, 0.25) is 0 Å². The summed E-state index contributed by atoms with van der Waals surface area (Å²) in [5.74, 6) is 0. The van der Waals surface area contributed by atoms with Gasteiger partial charge in [0.1, 0.15) is 11.2 Å². The Labute approximate surface area is 413 Å². The maximum atomic E-state index is 7.21. The van der Waals surface area contributed by atoms with Crippen molar-refractivity contribution >= 4 is 90.0 Å². The van der Waals surface area contributed by atoms with Gasteiger partial charge in [0.15, 0.2) is 0 Å². The summed E-state index contributed by atoms with van der Waals surface area (Å²) in [6, 6.07) is 57.6. The van der Waals surface area contributed by atoms with Crippen LogP contribution in [-0.4, -0.2) is 11.4 Å². The van der Waals surface area contributed by atoms with E-state index in [1.807, 2.05) is 0 Å². The number of fused-ring (bicyclic) bond motifs is 12. The molecule has 0 bridgehead atoms. The van der Waals surface area contributed by atoms with E-state index < -0.39 is 0 Å². The first-order valence-electron chi connectivity index (χ1n) is 25.5. The molecule has 5 heteroatoms. The molecule has 0 N–H and O–H groups in total. The zero-order valence-corrected chi connectivity index (χ0v) is 42.7. The van der Waals surface area contributed by atoms with E-state index in [9.17, 15) is 0 Å². The fourth-order valence-corrected chi connectivity index (χ4v) is 12.6. The highest BCUT2D eigenvalue weighted by atomic mass is 16.3.